The summed E-state index contributed by atoms with van der Waals surface area (Å²) < 4.78 is 27.7. The molecule has 1 heterocycles. The van der Waals surface area contributed by atoms with Gasteiger partial charge in [0.05, 0.1) is 5.56 Å². The molecule has 1 aliphatic heterocycles. The minimum Gasteiger partial charge on any atom is -0.387 e. The minimum absolute atomic E-state index is 0.200. The highest BCUT2D eigenvalue weighted by Crippen LogP contribution is 2.30. The Morgan fingerprint density at radius 3 is 2.83 bits per heavy atom. The summed E-state index contributed by atoms with van der Waals surface area (Å²) >= 11 is 1.70. The van der Waals surface area contributed by atoms with Crippen molar-refractivity contribution in [3.8, 4) is 0 Å². The number of aryl methyl sites for hydroxylation is 1. The molecule has 2 nitrogen and oxygen atoms in total. The van der Waals surface area contributed by atoms with Gasteiger partial charge in [-0.25, -0.2) is 8.78 Å². The monoisotopic (exact) mass is 273 g/mol. The van der Waals surface area contributed by atoms with Crippen molar-refractivity contribution >= 4 is 11.8 Å². The zero-order chi connectivity index (χ0) is 13.3. The fraction of sp³-hybridized carbons (Fsp3) is 0.538. The number of benzene rings is 1. The molecule has 0 aromatic heterocycles. The molecule has 2 atom stereocenters. The quantitative estimate of drug-likeness (QED) is 0.895. The Balaban J connectivity index is 2.33. The Morgan fingerprint density at radius 2 is 2.17 bits per heavy atom. The van der Waals surface area contributed by atoms with Crippen molar-refractivity contribution in [1.82, 2.24) is 4.90 Å². The Morgan fingerprint density at radius 1 is 1.44 bits per heavy atom. The molecule has 5 heteroatoms. The molecule has 0 amide bonds. The zero-order valence-corrected chi connectivity index (χ0v) is 11.3. The van der Waals surface area contributed by atoms with Crippen LogP contribution in [-0.2, 0) is 0 Å². The minimum atomic E-state index is -1.12. The van der Waals surface area contributed by atoms with Crippen LogP contribution in [0.3, 0.4) is 0 Å². The number of halogens is 2. The maximum atomic E-state index is 14.0. The van der Waals surface area contributed by atoms with E-state index in [0.29, 0.717) is 11.3 Å². The molecule has 2 rings (SSSR count). The highest BCUT2D eigenvalue weighted by Gasteiger charge is 2.31. The summed E-state index contributed by atoms with van der Waals surface area (Å²) in [6.07, 6.45) is -1.12. The standard InChI is InChI=1S/C13H17F2NOS/c1-8-3-4-9(14)11(12(8)15)13(17)10-7-18-6-5-16(10)2/h3-4,10,13,17H,5-7H2,1-2H3. The summed E-state index contributed by atoms with van der Waals surface area (Å²) in [5.74, 6) is 0.365. The summed E-state index contributed by atoms with van der Waals surface area (Å²) in [6, 6.07) is 2.36. The van der Waals surface area contributed by atoms with E-state index in [4.69, 9.17) is 0 Å². The molecule has 0 aliphatic carbocycles. The van der Waals surface area contributed by atoms with Crippen LogP contribution in [0.1, 0.15) is 17.2 Å². The van der Waals surface area contributed by atoms with E-state index >= 15 is 0 Å². The molecule has 18 heavy (non-hydrogen) atoms. The molecule has 0 saturated carbocycles. The number of nitrogens with zero attached hydrogens (tertiary/aromatic N) is 1. The molecular weight excluding hydrogens is 256 g/mol. The molecule has 1 aliphatic rings. The third-order valence-corrected chi connectivity index (χ3v) is 4.47. The molecule has 1 saturated heterocycles. The predicted octanol–water partition coefficient (Wildman–Crippen LogP) is 2.35. The Hall–Kier alpha value is -0.650. The molecule has 100 valence electrons. The van der Waals surface area contributed by atoms with Crippen LogP contribution in [0, 0.1) is 18.6 Å². The van der Waals surface area contributed by atoms with Crippen molar-refractivity contribution in [2.75, 3.05) is 25.1 Å². The van der Waals surface area contributed by atoms with Crippen LogP contribution in [0.15, 0.2) is 12.1 Å². The second-order valence-corrected chi connectivity index (χ2v) is 5.81. The normalized spacial score (nSPS) is 23.1. The van der Waals surface area contributed by atoms with Gasteiger partial charge in [-0.3, -0.25) is 4.90 Å². The number of rotatable bonds is 2. The smallest absolute Gasteiger partial charge is 0.134 e. The third-order valence-electron chi connectivity index (χ3n) is 3.42. The molecule has 1 N–H and O–H groups in total. The first-order valence-electron chi connectivity index (χ1n) is 5.93. The van der Waals surface area contributed by atoms with Gasteiger partial charge in [-0.15, -0.1) is 0 Å². The van der Waals surface area contributed by atoms with Crippen molar-refractivity contribution in [1.29, 1.82) is 0 Å². The second kappa shape index (κ2) is 5.55. The molecule has 0 radical (unpaired) electrons. The predicted molar refractivity (Wildman–Crippen MR) is 69.8 cm³/mol. The van der Waals surface area contributed by atoms with Gasteiger partial charge in [0.1, 0.15) is 17.7 Å². The van der Waals surface area contributed by atoms with Gasteiger partial charge in [0.2, 0.25) is 0 Å². The zero-order valence-electron chi connectivity index (χ0n) is 10.5. The van der Waals surface area contributed by atoms with E-state index in [1.807, 2.05) is 11.9 Å². The topological polar surface area (TPSA) is 23.5 Å². The van der Waals surface area contributed by atoms with Crippen LogP contribution in [0.4, 0.5) is 8.78 Å². The Bertz CT molecular complexity index is 441. The fourth-order valence-corrected chi connectivity index (χ4v) is 3.44. The Kier molecular flexibility index (Phi) is 4.25. The van der Waals surface area contributed by atoms with Gasteiger partial charge in [0.15, 0.2) is 0 Å². The van der Waals surface area contributed by atoms with Gasteiger partial charge in [0, 0.05) is 24.1 Å². The van der Waals surface area contributed by atoms with Gasteiger partial charge in [-0.2, -0.15) is 11.8 Å². The highest BCUT2D eigenvalue weighted by molar-refractivity contribution is 7.99. The number of aliphatic hydroxyl groups excluding tert-OH is 1. The lowest BCUT2D eigenvalue weighted by Gasteiger charge is -2.35. The van der Waals surface area contributed by atoms with E-state index < -0.39 is 17.7 Å². The molecule has 1 aromatic rings. The van der Waals surface area contributed by atoms with Gasteiger partial charge in [-0.1, -0.05) is 6.07 Å². The van der Waals surface area contributed by atoms with E-state index in [2.05, 4.69) is 0 Å². The number of likely N-dealkylation sites (N-methyl/N-ethyl adjacent to an activating group) is 1. The Labute approximate surface area is 110 Å². The lowest BCUT2D eigenvalue weighted by Crippen LogP contribution is -2.43. The maximum Gasteiger partial charge on any atom is 0.134 e. The molecule has 1 aromatic carbocycles. The summed E-state index contributed by atoms with van der Waals surface area (Å²) in [6.45, 7) is 2.39. The first kappa shape index (κ1) is 13.8. The number of hydrogen-bond donors (Lipinski definition) is 1. The lowest BCUT2D eigenvalue weighted by atomic mass is 9.99. The summed E-state index contributed by atoms with van der Waals surface area (Å²) in [5.41, 5.74) is 0.158. The summed E-state index contributed by atoms with van der Waals surface area (Å²) in [5, 5.41) is 10.3. The largest absolute Gasteiger partial charge is 0.387 e. The highest BCUT2D eigenvalue weighted by atomic mass is 32.2. The van der Waals surface area contributed by atoms with Crippen LogP contribution < -0.4 is 0 Å². The van der Waals surface area contributed by atoms with Gasteiger partial charge in [-0.05, 0) is 25.6 Å². The van der Waals surface area contributed by atoms with Crippen molar-refractivity contribution < 1.29 is 13.9 Å². The lowest BCUT2D eigenvalue weighted by molar-refractivity contribution is 0.0700. The first-order chi connectivity index (χ1) is 8.52. The molecule has 0 spiro atoms. The van der Waals surface area contributed by atoms with Crippen LogP contribution in [-0.4, -0.2) is 41.1 Å². The maximum absolute atomic E-state index is 14.0. The van der Waals surface area contributed by atoms with Gasteiger partial charge >= 0.3 is 0 Å². The van der Waals surface area contributed by atoms with E-state index in [0.717, 1.165) is 12.3 Å². The average molecular weight is 273 g/mol. The van der Waals surface area contributed by atoms with Crippen LogP contribution in [0.2, 0.25) is 0 Å². The van der Waals surface area contributed by atoms with Crippen molar-refractivity contribution in [3.63, 3.8) is 0 Å². The van der Waals surface area contributed by atoms with Crippen LogP contribution >= 0.6 is 11.8 Å². The van der Waals surface area contributed by atoms with Crippen LogP contribution in [0.5, 0.6) is 0 Å². The van der Waals surface area contributed by atoms with E-state index in [1.54, 1.807) is 18.7 Å². The SMILES string of the molecule is Cc1ccc(F)c(C(O)C2CSCCN2C)c1F. The van der Waals surface area contributed by atoms with Crippen molar-refractivity contribution in [3.05, 3.63) is 34.9 Å². The van der Waals surface area contributed by atoms with Gasteiger partial charge < -0.3 is 5.11 Å². The van der Waals surface area contributed by atoms with E-state index in [9.17, 15) is 13.9 Å². The second-order valence-electron chi connectivity index (χ2n) is 4.66. The van der Waals surface area contributed by atoms with Crippen LogP contribution in [0.25, 0.3) is 0 Å². The average Bonchev–Trinajstić information content (AvgIpc) is 2.35. The molecule has 0 bridgehead atoms. The summed E-state index contributed by atoms with van der Waals surface area (Å²) in [4.78, 5) is 1.96. The molecular formula is C13H17F2NOS. The number of hydrogen-bond acceptors (Lipinski definition) is 3. The molecule has 1 fully saturated rings. The van der Waals surface area contributed by atoms with E-state index in [1.165, 1.54) is 12.1 Å². The van der Waals surface area contributed by atoms with Crippen molar-refractivity contribution in [2.24, 2.45) is 0 Å². The molecule has 2 unspecified atom stereocenters. The number of aliphatic hydroxyl groups is 1. The summed E-state index contributed by atoms with van der Waals surface area (Å²) in [7, 11) is 1.87. The van der Waals surface area contributed by atoms with E-state index in [-0.39, 0.29) is 11.6 Å². The fourth-order valence-electron chi connectivity index (χ4n) is 2.18. The van der Waals surface area contributed by atoms with Crippen molar-refractivity contribution in [2.45, 2.75) is 19.1 Å². The third kappa shape index (κ3) is 2.53. The van der Waals surface area contributed by atoms with Gasteiger partial charge in [0.25, 0.3) is 0 Å². The number of thioether (sulfide) groups is 1. The first-order valence-corrected chi connectivity index (χ1v) is 7.08.